The summed E-state index contributed by atoms with van der Waals surface area (Å²) in [5.41, 5.74) is 1.82. The van der Waals surface area contributed by atoms with Gasteiger partial charge in [0, 0.05) is 30.9 Å². The van der Waals surface area contributed by atoms with Crippen LogP contribution < -0.4 is 16.0 Å². The van der Waals surface area contributed by atoms with Gasteiger partial charge >= 0.3 is 6.03 Å². The van der Waals surface area contributed by atoms with Crippen molar-refractivity contribution in [3.8, 4) is 0 Å². The van der Waals surface area contributed by atoms with Crippen LogP contribution in [0.15, 0.2) is 18.2 Å². The Morgan fingerprint density at radius 1 is 1.24 bits per heavy atom. The number of urea groups is 1. The lowest BCUT2D eigenvalue weighted by Crippen LogP contribution is -2.40. The number of nitrogens with one attached hydrogen (secondary N) is 3. The first kappa shape index (κ1) is 19.2. The molecule has 3 amide bonds. The van der Waals surface area contributed by atoms with Gasteiger partial charge in [-0.25, -0.2) is 4.79 Å². The van der Waals surface area contributed by atoms with Crippen molar-refractivity contribution < 1.29 is 14.7 Å². The van der Waals surface area contributed by atoms with Crippen molar-refractivity contribution in [2.45, 2.75) is 32.8 Å². The second kappa shape index (κ2) is 9.39. The molecule has 1 aliphatic heterocycles. The average Bonchev–Trinajstić information content (AvgIpc) is 3.08. The van der Waals surface area contributed by atoms with Crippen molar-refractivity contribution in [3.05, 3.63) is 29.3 Å². The molecule has 1 unspecified atom stereocenters. The van der Waals surface area contributed by atoms with Crippen LogP contribution >= 0.6 is 0 Å². The van der Waals surface area contributed by atoms with Crippen LogP contribution in [0.3, 0.4) is 0 Å². The van der Waals surface area contributed by atoms with Crippen LogP contribution in [0.5, 0.6) is 0 Å². The summed E-state index contributed by atoms with van der Waals surface area (Å²) >= 11 is 0. The topological polar surface area (TPSA) is 93.7 Å². The number of carbonyl (C=O) groups is 2. The molecule has 7 heteroatoms. The van der Waals surface area contributed by atoms with Gasteiger partial charge in [-0.05, 0) is 57.5 Å². The van der Waals surface area contributed by atoms with Crippen molar-refractivity contribution >= 4 is 17.6 Å². The number of amides is 3. The second-order valence-corrected chi connectivity index (χ2v) is 6.33. The molecule has 0 saturated carbocycles. The summed E-state index contributed by atoms with van der Waals surface area (Å²) in [7, 11) is 0. The van der Waals surface area contributed by atoms with Gasteiger partial charge in [-0.3, -0.25) is 4.79 Å². The number of carbonyl (C=O) groups excluding carboxylic acids is 2. The van der Waals surface area contributed by atoms with E-state index in [1.165, 1.54) is 12.8 Å². The van der Waals surface area contributed by atoms with Crippen LogP contribution in [0.1, 0.15) is 35.7 Å². The number of hydrogen-bond donors (Lipinski definition) is 4. The summed E-state index contributed by atoms with van der Waals surface area (Å²) in [4.78, 5) is 26.3. The average molecular weight is 348 g/mol. The van der Waals surface area contributed by atoms with Crippen molar-refractivity contribution in [1.82, 2.24) is 15.5 Å². The Balaban J connectivity index is 1.85. The van der Waals surface area contributed by atoms with E-state index in [2.05, 4.69) is 20.9 Å². The minimum atomic E-state index is -0.591. The zero-order valence-corrected chi connectivity index (χ0v) is 15.0. The smallest absolute Gasteiger partial charge is 0.319 e. The molecule has 0 aliphatic carbocycles. The first-order valence-corrected chi connectivity index (χ1v) is 8.84. The molecule has 7 nitrogen and oxygen atoms in total. The van der Waals surface area contributed by atoms with Crippen LogP contribution in [0.25, 0.3) is 0 Å². The Morgan fingerprint density at radius 3 is 2.64 bits per heavy atom. The van der Waals surface area contributed by atoms with E-state index in [9.17, 15) is 14.7 Å². The number of β-amino-alcohol motifs (C(OH)–C–C–N with tert-alkyl or cyclic N) is 1. The van der Waals surface area contributed by atoms with Gasteiger partial charge in [-0.1, -0.05) is 6.07 Å². The molecular formula is C18H28N4O3. The number of anilines is 1. The highest BCUT2D eigenvalue weighted by Gasteiger charge is 2.17. The third-order valence-electron chi connectivity index (χ3n) is 4.33. The SMILES string of the molecule is CCNC(=O)c1cccc(NC(=O)NCC(O)CN2CCCC2)c1C. The monoisotopic (exact) mass is 348 g/mol. The van der Waals surface area contributed by atoms with Crippen LogP contribution in [0.2, 0.25) is 0 Å². The fraction of sp³-hybridized carbons (Fsp3) is 0.556. The third kappa shape index (κ3) is 5.72. The Morgan fingerprint density at radius 2 is 1.96 bits per heavy atom. The summed E-state index contributed by atoms with van der Waals surface area (Å²) in [5.74, 6) is -0.162. The van der Waals surface area contributed by atoms with Gasteiger partial charge in [0.05, 0.1) is 6.10 Å². The number of benzene rings is 1. The Kier molecular flexibility index (Phi) is 7.21. The minimum absolute atomic E-state index is 0.162. The van der Waals surface area contributed by atoms with E-state index in [-0.39, 0.29) is 12.5 Å². The van der Waals surface area contributed by atoms with Gasteiger partial charge in [0.1, 0.15) is 0 Å². The van der Waals surface area contributed by atoms with E-state index in [4.69, 9.17) is 0 Å². The van der Waals surface area contributed by atoms with Crippen molar-refractivity contribution in [2.75, 3.05) is 38.0 Å². The summed E-state index contributed by atoms with van der Waals surface area (Å²) in [6, 6.07) is 4.81. The molecule has 1 heterocycles. The molecule has 1 aliphatic rings. The highest BCUT2D eigenvalue weighted by molar-refractivity contribution is 5.99. The molecule has 25 heavy (non-hydrogen) atoms. The maximum absolute atomic E-state index is 12.1. The van der Waals surface area contributed by atoms with Gasteiger partial charge in [-0.15, -0.1) is 0 Å². The standard InChI is InChI=1S/C18H28N4O3/c1-3-19-17(24)15-7-6-8-16(13(15)2)21-18(25)20-11-14(23)12-22-9-4-5-10-22/h6-8,14,23H,3-5,9-12H2,1-2H3,(H,19,24)(H2,20,21,25). The predicted molar refractivity (Wildman–Crippen MR) is 97.9 cm³/mol. The lowest BCUT2D eigenvalue weighted by atomic mass is 10.1. The Bertz CT molecular complexity index is 600. The molecule has 1 aromatic carbocycles. The maximum Gasteiger partial charge on any atom is 0.319 e. The number of nitrogens with zero attached hydrogens (tertiary/aromatic N) is 1. The van der Waals surface area contributed by atoms with Gasteiger partial charge in [0.2, 0.25) is 0 Å². The van der Waals surface area contributed by atoms with E-state index in [1.54, 1.807) is 25.1 Å². The zero-order chi connectivity index (χ0) is 18.2. The molecule has 138 valence electrons. The van der Waals surface area contributed by atoms with Crippen LogP contribution in [0.4, 0.5) is 10.5 Å². The quantitative estimate of drug-likeness (QED) is 0.598. The first-order valence-electron chi connectivity index (χ1n) is 8.84. The van der Waals surface area contributed by atoms with Crippen molar-refractivity contribution in [3.63, 3.8) is 0 Å². The van der Waals surface area contributed by atoms with Crippen LogP contribution in [0, 0.1) is 6.92 Å². The highest BCUT2D eigenvalue weighted by atomic mass is 16.3. The Labute approximate surface area is 148 Å². The van der Waals surface area contributed by atoms with E-state index in [1.807, 2.05) is 6.92 Å². The Hall–Kier alpha value is -2.12. The minimum Gasteiger partial charge on any atom is -0.390 e. The molecule has 0 aromatic heterocycles. The van der Waals surface area contributed by atoms with E-state index in [0.29, 0.717) is 29.9 Å². The van der Waals surface area contributed by atoms with E-state index in [0.717, 1.165) is 13.1 Å². The van der Waals surface area contributed by atoms with Crippen LogP contribution in [-0.2, 0) is 0 Å². The molecule has 1 saturated heterocycles. The predicted octanol–water partition coefficient (Wildman–Crippen LogP) is 1.32. The maximum atomic E-state index is 12.1. The molecule has 1 atom stereocenters. The molecule has 0 spiro atoms. The number of hydrogen-bond acceptors (Lipinski definition) is 4. The highest BCUT2D eigenvalue weighted by Crippen LogP contribution is 2.18. The fourth-order valence-electron chi connectivity index (χ4n) is 2.98. The molecule has 0 bridgehead atoms. The van der Waals surface area contributed by atoms with Gasteiger partial charge in [0.15, 0.2) is 0 Å². The molecule has 0 radical (unpaired) electrons. The van der Waals surface area contributed by atoms with E-state index >= 15 is 0 Å². The van der Waals surface area contributed by atoms with Crippen molar-refractivity contribution in [2.24, 2.45) is 0 Å². The summed E-state index contributed by atoms with van der Waals surface area (Å²) < 4.78 is 0. The van der Waals surface area contributed by atoms with Gasteiger partial charge in [-0.2, -0.15) is 0 Å². The zero-order valence-electron chi connectivity index (χ0n) is 15.0. The fourth-order valence-corrected chi connectivity index (χ4v) is 2.98. The molecule has 1 fully saturated rings. The number of likely N-dealkylation sites (tertiary alicyclic amines) is 1. The van der Waals surface area contributed by atoms with Gasteiger partial charge < -0.3 is 26.0 Å². The summed E-state index contributed by atoms with van der Waals surface area (Å²) in [6.07, 6.45) is 1.75. The molecule has 1 aromatic rings. The lowest BCUT2D eigenvalue weighted by molar-refractivity contribution is 0.0955. The largest absolute Gasteiger partial charge is 0.390 e. The number of aliphatic hydroxyl groups is 1. The van der Waals surface area contributed by atoms with Crippen molar-refractivity contribution in [1.29, 1.82) is 0 Å². The van der Waals surface area contributed by atoms with Crippen LogP contribution in [-0.4, -0.2) is 60.8 Å². The summed E-state index contributed by atoms with van der Waals surface area (Å²) in [5, 5.41) is 18.2. The van der Waals surface area contributed by atoms with E-state index < -0.39 is 12.1 Å². The normalized spacial score (nSPS) is 15.6. The second-order valence-electron chi connectivity index (χ2n) is 6.33. The molecule has 2 rings (SSSR count). The number of aliphatic hydroxyl groups excluding tert-OH is 1. The lowest BCUT2D eigenvalue weighted by Gasteiger charge is -2.20. The molecular weight excluding hydrogens is 320 g/mol. The summed E-state index contributed by atoms with van der Waals surface area (Å²) in [6.45, 7) is 6.98. The number of rotatable bonds is 7. The van der Waals surface area contributed by atoms with Gasteiger partial charge in [0.25, 0.3) is 5.91 Å². The third-order valence-corrected chi connectivity index (χ3v) is 4.33. The molecule has 4 N–H and O–H groups in total. The first-order chi connectivity index (χ1) is 12.0.